The molecule has 2 saturated carbocycles. The lowest BCUT2D eigenvalue weighted by Crippen LogP contribution is -2.35. The lowest BCUT2D eigenvalue weighted by molar-refractivity contribution is 0.0951. The van der Waals surface area contributed by atoms with Gasteiger partial charge >= 0.3 is 0 Å². The van der Waals surface area contributed by atoms with Gasteiger partial charge in [0.05, 0.1) is 6.10 Å². The Morgan fingerprint density at radius 3 is 2.65 bits per heavy atom. The summed E-state index contributed by atoms with van der Waals surface area (Å²) in [4.78, 5) is 0. The van der Waals surface area contributed by atoms with Crippen LogP contribution in [0.5, 0.6) is 0 Å². The minimum atomic E-state index is 0.387. The molecule has 2 bridgehead atoms. The second kappa shape index (κ2) is 6.19. The van der Waals surface area contributed by atoms with Gasteiger partial charge in [-0.25, -0.2) is 0 Å². The summed E-state index contributed by atoms with van der Waals surface area (Å²) in [6.07, 6.45) is 8.99. The highest BCUT2D eigenvalue weighted by molar-refractivity contribution is 4.91. The molecule has 0 heterocycles. The summed E-state index contributed by atoms with van der Waals surface area (Å²) >= 11 is 0. The maximum atomic E-state index is 5.41. The van der Waals surface area contributed by atoms with Crippen molar-refractivity contribution in [2.45, 2.75) is 64.5 Å². The monoisotopic (exact) mass is 239 g/mol. The lowest BCUT2D eigenvalue weighted by Gasteiger charge is -2.28. The lowest BCUT2D eigenvalue weighted by atomic mass is 9.83. The van der Waals surface area contributed by atoms with E-state index in [-0.39, 0.29) is 0 Å². The van der Waals surface area contributed by atoms with Gasteiger partial charge in [0, 0.05) is 13.2 Å². The molecule has 1 N–H and O–H groups in total. The van der Waals surface area contributed by atoms with Gasteiger partial charge in [-0.1, -0.05) is 13.3 Å². The highest BCUT2D eigenvalue weighted by Crippen LogP contribution is 2.50. The van der Waals surface area contributed by atoms with E-state index in [2.05, 4.69) is 19.2 Å². The summed E-state index contributed by atoms with van der Waals surface area (Å²) in [6.45, 7) is 5.48. The maximum absolute atomic E-state index is 5.41. The molecule has 0 saturated heterocycles. The molecule has 5 unspecified atom stereocenters. The zero-order chi connectivity index (χ0) is 12.3. The van der Waals surface area contributed by atoms with Gasteiger partial charge in [-0.2, -0.15) is 0 Å². The fourth-order valence-corrected chi connectivity index (χ4v) is 4.08. The molecule has 2 heteroatoms. The molecule has 5 atom stereocenters. The average Bonchev–Trinajstić information content (AvgIpc) is 2.91. The van der Waals surface area contributed by atoms with E-state index in [0.717, 1.165) is 30.7 Å². The van der Waals surface area contributed by atoms with Crippen molar-refractivity contribution in [2.24, 2.45) is 17.8 Å². The zero-order valence-electron chi connectivity index (χ0n) is 11.7. The van der Waals surface area contributed by atoms with Crippen LogP contribution in [0.2, 0.25) is 0 Å². The van der Waals surface area contributed by atoms with Crippen molar-refractivity contribution in [1.29, 1.82) is 0 Å². The first-order valence-electron chi connectivity index (χ1n) is 7.49. The Bertz CT molecular complexity index is 231. The van der Waals surface area contributed by atoms with Crippen molar-refractivity contribution < 1.29 is 4.74 Å². The first-order chi connectivity index (χ1) is 8.22. The third kappa shape index (κ3) is 3.45. The molecule has 2 aliphatic rings. The number of rotatable bonds is 7. The molecule has 0 amide bonds. The molecule has 0 aliphatic heterocycles. The van der Waals surface area contributed by atoms with Gasteiger partial charge in [0.2, 0.25) is 0 Å². The minimum Gasteiger partial charge on any atom is -0.382 e. The standard InChI is InChI=1S/C15H29NO/c1-4-16-15(7-11(2)17-3)10-14-9-12-5-6-13(14)8-12/h11-16H,4-10H2,1-3H3. The largest absolute Gasteiger partial charge is 0.382 e. The third-order valence-corrected chi connectivity index (χ3v) is 4.98. The number of hydrogen-bond acceptors (Lipinski definition) is 2. The summed E-state index contributed by atoms with van der Waals surface area (Å²) in [5, 5.41) is 3.65. The number of fused-ring (bicyclic) bond motifs is 2. The number of hydrogen-bond donors (Lipinski definition) is 1. The summed E-state index contributed by atoms with van der Waals surface area (Å²) < 4.78 is 5.41. The van der Waals surface area contributed by atoms with Crippen molar-refractivity contribution >= 4 is 0 Å². The Kier molecular flexibility index (Phi) is 4.87. The fraction of sp³-hybridized carbons (Fsp3) is 1.00. The molecule has 0 aromatic heterocycles. The van der Waals surface area contributed by atoms with Gasteiger partial charge in [0.25, 0.3) is 0 Å². The van der Waals surface area contributed by atoms with Crippen molar-refractivity contribution in [1.82, 2.24) is 5.32 Å². The van der Waals surface area contributed by atoms with E-state index in [4.69, 9.17) is 4.74 Å². The fourth-order valence-electron chi connectivity index (χ4n) is 4.08. The van der Waals surface area contributed by atoms with E-state index in [0.29, 0.717) is 12.1 Å². The van der Waals surface area contributed by atoms with E-state index in [1.54, 1.807) is 0 Å². The van der Waals surface area contributed by atoms with Crippen LogP contribution < -0.4 is 5.32 Å². The predicted octanol–water partition coefficient (Wildman–Crippen LogP) is 3.22. The van der Waals surface area contributed by atoms with E-state index in [1.165, 1.54) is 32.1 Å². The molecule has 17 heavy (non-hydrogen) atoms. The molecule has 2 rings (SSSR count). The van der Waals surface area contributed by atoms with Crippen LogP contribution in [0.1, 0.15) is 52.4 Å². The summed E-state index contributed by atoms with van der Waals surface area (Å²) in [5.41, 5.74) is 0. The molecular weight excluding hydrogens is 210 g/mol. The minimum absolute atomic E-state index is 0.387. The molecule has 2 fully saturated rings. The smallest absolute Gasteiger partial charge is 0.0558 e. The molecular formula is C15H29NO. The van der Waals surface area contributed by atoms with Gasteiger partial charge in [0.1, 0.15) is 0 Å². The quantitative estimate of drug-likeness (QED) is 0.736. The van der Waals surface area contributed by atoms with Crippen LogP contribution in [-0.4, -0.2) is 25.8 Å². The average molecular weight is 239 g/mol. The van der Waals surface area contributed by atoms with E-state index >= 15 is 0 Å². The van der Waals surface area contributed by atoms with Crippen LogP contribution >= 0.6 is 0 Å². The zero-order valence-corrected chi connectivity index (χ0v) is 11.7. The van der Waals surface area contributed by atoms with Crippen molar-refractivity contribution in [3.8, 4) is 0 Å². The maximum Gasteiger partial charge on any atom is 0.0558 e. The second-order valence-corrected chi connectivity index (χ2v) is 6.21. The highest BCUT2D eigenvalue weighted by atomic mass is 16.5. The van der Waals surface area contributed by atoms with E-state index < -0.39 is 0 Å². The van der Waals surface area contributed by atoms with E-state index in [9.17, 15) is 0 Å². The van der Waals surface area contributed by atoms with Gasteiger partial charge < -0.3 is 10.1 Å². The normalized spacial score (nSPS) is 35.1. The van der Waals surface area contributed by atoms with Crippen LogP contribution in [-0.2, 0) is 4.74 Å². The third-order valence-electron chi connectivity index (χ3n) is 4.98. The molecule has 100 valence electrons. The van der Waals surface area contributed by atoms with E-state index in [1.807, 2.05) is 7.11 Å². The van der Waals surface area contributed by atoms with Crippen LogP contribution in [0.15, 0.2) is 0 Å². The van der Waals surface area contributed by atoms with Crippen LogP contribution in [0.3, 0.4) is 0 Å². The highest BCUT2D eigenvalue weighted by Gasteiger charge is 2.40. The molecule has 0 radical (unpaired) electrons. The Labute approximate surface area is 107 Å². The van der Waals surface area contributed by atoms with Crippen LogP contribution in [0.25, 0.3) is 0 Å². The van der Waals surface area contributed by atoms with Gasteiger partial charge in [-0.05, 0) is 63.3 Å². The molecule has 0 aromatic rings. The Morgan fingerprint density at radius 1 is 1.29 bits per heavy atom. The van der Waals surface area contributed by atoms with Crippen LogP contribution in [0.4, 0.5) is 0 Å². The SMILES string of the molecule is CCNC(CC(C)OC)CC1CC2CCC1C2. The Morgan fingerprint density at radius 2 is 2.12 bits per heavy atom. The molecule has 0 spiro atoms. The molecule has 2 aliphatic carbocycles. The number of ether oxygens (including phenoxy) is 1. The Balaban J connectivity index is 1.80. The second-order valence-electron chi connectivity index (χ2n) is 6.21. The first kappa shape index (κ1) is 13.4. The Hall–Kier alpha value is -0.0800. The summed E-state index contributed by atoms with van der Waals surface area (Å²) in [7, 11) is 1.82. The summed E-state index contributed by atoms with van der Waals surface area (Å²) in [6, 6.07) is 0.666. The van der Waals surface area contributed by atoms with Crippen molar-refractivity contribution in [3.05, 3.63) is 0 Å². The summed E-state index contributed by atoms with van der Waals surface area (Å²) in [5.74, 6) is 3.13. The predicted molar refractivity (Wildman–Crippen MR) is 72.1 cm³/mol. The van der Waals surface area contributed by atoms with Crippen molar-refractivity contribution in [2.75, 3.05) is 13.7 Å². The number of methoxy groups -OCH3 is 1. The van der Waals surface area contributed by atoms with Crippen molar-refractivity contribution in [3.63, 3.8) is 0 Å². The van der Waals surface area contributed by atoms with Crippen LogP contribution in [0, 0.1) is 17.8 Å². The topological polar surface area (TPSA) is 21.3 Å². The first-order valence-corrected chi connectivity index (χ1v) is 7.49. The number of nitrogens with one attached hydrogen (secondary N) is 1. The van der Waals surface area contributed by atoms with Gasteiger partial charge in [-0.15, -0.1) is 0 Å². The molecule has 2 nitrogen and oxygen atoms in total. The van der Waals surface area contributed by atoms with Gasteiger partial charge in [-0.3, -0.25) is 0 Å². The molecule has 0 aromatic carbocycles. The van der Waals surface area contributed by atoms with Gasteiger partial charge in [0.15, 0.2) is 0 Å².